The summed E-state index contributed by atoms with van der Waals surface area (Å²) >= 11 is 0. The molecule has 1 saturated heterocycles. The number of rotatable bonds is 2. The van der Waals surface area contributed by atoms with Gasteiger partial charge in [-0.25, -0.2) is 18.4 Å². The average molecular weight is 242 g/mol. The summed E-state index contributed by atoms with van der Waals surface area (Å²) in [5.74, 6) is 0.943. The van der Waals surface area contributed by atoms with Crippen molar-refractivity contribution in [2.75, 3.05) is 22.6 Å². The number of nitrogens with one attached hydrogen (secondary N) is 1. The van der Waals surface area contributed by atoms with Crippen molar-refractivity contribution in [1.82, 2.24) is 9.97 Å². The molecular weight excluding hydrogens is 228 g/mol. The molecule has 88 valence electrons. The van der Waals surface area contributed by atoms with E-state index in [0.717, 1.165) is 6.42 Å². The Kier molecular flexibility index (Phi) is 2.95. The number of hydrogen-bond acceptors (Lipinski definition) is 6. The highest BCUT2D eigenvalue weighted by Gasteiger charge is 2.25. The molecule has 1 atom stereocenters. The molecule has 0 aromatic carbocycles. The van der Waals surface area contributed by atoms with Crippen LogP contribution in [0.2, 0.25) is 0 Å². The van der Waals surface area contributed by atoms with Crippen LogP contribution in [-0.4, -0.2) is 35.9 Å². The molecule has 1 aromatic heterocycles. The Balaban J connectivity index is 2.08. The van der Waals surface area contributed by atoms with Crippen LogP contribution in [-0.2, 0) is 9.84 Å². The molecule has 1 fully saturated rings. The predicted octanol–water partition coefficient (Wildman–Crippen LogP) is 0.0479. The second-order valence-corrected chi connectivity index (χ2v) is 6.15. The minimum Gasteiger partial charge on any atom is -0.394 e. The Morgan fingerprint density at radius 3 is 3.00 bits per heavy atom. The van der Waals surface area contributed by atoms with Crippen LogP contribution >= 0.6 is 0 Å². The topological polar surface area (TPSA) is 98.0 Å². The van der Waals surface area contributed by atoms with Gasteiger partial charge in [0, 0.05) is 6.04 Å². The van der Waals surface area contributed by atoms with E-state index >= 15 is 0 Å². The molecule has 6 nitrogen and oxygen atoms in total. The molecule has 0 aliphatic carbocycles. The van der Waals surface area contributed by atoms with Crippen LogP contribution in [0.1, 0.15) is 12.8 Å². The number of nitrogen functional groups attached to an aromatic ring is 1. The van der Waals surface area contributed by atoms with E-state index in [9.17, 15) is 8.42 Å². The molecule has 0 radical (unpaired) electrons. The van der Waals surface area contributed by atoms with Gasteiger partial charge in [0.25, 0.3) is 0 Å². The molecule has 1 unspecified atom stereocenters. The highest BCUT2D eigenvalue weighted by atomic mass is 32.2. The zero-order valence-corrected chi connectivity index (χ0v) is 9.57. The SMILES string of the molecule is Nc1cncnc1NC1CCCS(=O)(=O)C1. The minimum absolute atomic E-state index is 0.101. The smallest absolute Gasteiger partial charge is 0.152 e. The van der Waals surface area contributed by atoms with Crippen LogP contribution in [0.4, 0.5) is 11.5 Å². The zero-order valence-electron chi connectivity index (χ0n) is 8.76. The third-order valence-electron chi connectivity index (χ3n) is 2.54. The van der Waals surface area contributed by atoms with Gasteiger partial charge < -0.3 is 11.1 Å². The van der Waals surface area contributed by atoms with Crippen molar-refractivity contribution in [3.8, 4) is 0 Å². The Labute approximate surface area is 94.2 Å². The van der Waals surface area contributed by atoms with E-state index < -0.39 is 9.84 Å². The first-order valence-electron chi connectivity index (χ1n) is 5.09. The number of aromatic nitrogens is 2. The minimum atomic E-state index is -2.91. The van der Waals surface area contributed by atoms with Gasteiger partial charge in [0.2, 0.25) is 0 Å². The average Bonchev–Trinajstić information content (AvgIpc) is 2.20. The van der Waals surface area contributed by atoms with Crippen molar-refractivity contribution in [1.29, 1.82) is 0 Å². The normalized spacial score (nSPS) is 23.9. The molecule has 1 aromatic rings. The molecule has 0 amide bonds. The second-order valence-electron chi connectivity index (χ2n) is 3.92. The third kappa shape index (κ3) is 2.60. The summed E-state index contributed by atoms with van der Waals surface area (Å²) in [5, 5.41) is 3.05. The molecule has 0 spiro atoms. The van der Waals surface area contributed by atoms with Gasteiger partial charge in [-0.1, -0.05) is 0 Å². The Morgan fingerprint density at radius 2 is 2.31 bits per heavy atom. The van der Waals surface area contributed by atoms with Crippen LogP contribution < -0.4 is 11.1 Å². The first-order chi connectivity index (χ1) is 7.57. The van der Waals surface area contributed by atoms with E-state index in [1.54, 1.807) is 0 Å². The summed E-state index contributed by atoms with van der Waals surface area (Å²) in [7, 11) is -2.91. The standard InChI is InChI=1S/C9H14N4O2S/c10-8-4-11-6-12-9(8)13-7-2-1-3-16(14,15)5-7/h4,6-7H,1-3,5,10H2,(H,11,12,13). The molecule has 1 aliphatic heterocycles. The maximum absolute atomic E-state index is 11.4. The fourth-order valence-corrected chi connectivity index (χ4v) is 3.43. The Bertz CT molecular complexity index is 474. The maximum atomic E-state index is 11.4. The van der Waals surface area contributed by atoms with Crippen molar-refractivity contribution in [2.45, 2.75) is 18.9 Å². The third-order valence-corrected chi connectivity index (χ3v) is 4.37. The number of anilines is 2. The molecule has 2 heterocycles. The summed E-state index contributed by atoms with van der Waals surface area (Å²) in [6.07, 6.45) is 4.39. The summed E-state index contributed by atoms with van der Waals surface area (Å²) in [6, 6.07) is -0.101. The van der Waals surface area contributed by atoms with Crippen molar-refractivity contribution < 1.29 is 8.42 Å². The predicted molar refractivity (Wildman–Crippen MR) is 61.7 cm³/mol. The lowest BCUT2D eigenvalue weighted by Gasteiger charge is -2.23. The van der Waals surface area contributed by atoms with Gasteiger partial charge >= 0.3 is 0 Å². The van der Waals surface area contributed by atoms with Gasteiger partial charge in [0.05, 0.1) is 23.4 Å². The van der Waals surface area contributed by atoms with Crippen LogP contribution in [0.3, 0.4) is 0 Å². The fourth-order valence-electron chi connectivity index (χ4n) is 1.79. The molecule has 16 heavy (non-hydrogen) atoms. The first-order valence-corrected chi connectivity index (χ1v) is 6.91. The maximum Gasteiger partial charge on any atom is 0.152 e. The van der Waals surface area contributed by atoms with E-state index in [4.69, 9.17) is 5.73 Å². The van der Waals surface area contributed by atoms with Crippen molar-refractivity contribution in [2.24, 2.45) is 0 Å². The summed E-state index contributed by atoms with van der Waals surface area (Å²) in [6.45, 7) is 0. The Hall–Kier alpha value is -1.37. The van der Waals surface area contributed by atoms with Gasteiger partial charge in [0.1, 0.15) is 6.33 Å². The van der Waals surface area contributed by atoms with Gasteiger partial charge in [-0.15, -0.1) is 0 Å². The van der Waals surface area contributed by atoms with Crippen LogP contribution in [0.25, 0.3) is 0 Å². The number of nitrogens with two attached hydrogens (primary N) is 1. The second kappa shape index (κ2) is 4.25. The van der Waals surface area contributed by atoms with Crippen molar-refractivity contribution >= 4 is 21.3 Å². The van der Waals surface area contributed by atoms with E-state index in [0.29, 0.717) is 17.9 Å². The van der Waals surface area contributed by atoms with Gasteiger partial charge in [0.15, 0.2) is 15.7 Å². The molecule has 0 saturated carbocycles. The van der Waals surface area contributed by atoms with Gasteiger partial charge in [-0.3, -0.25) is 0 Å². The van der Waals surface area contributed by atoms with Crippen LogP contribution in [0.15, 0.2) is 12.5 Å². The van der Waals surface area contributed by atoms with E-state index in [1.165, 1.54) is 12.5 Å². The van der Waals surface area contributed by atoms with E-state index in [2.05, 4.69) is 15.3 Å². The zero-order chi connectivity index (χ0) is 11.6. The lowest BCUT2D eigenvalue weighted by molar-refractivity contribution is 0.561. The monoisotopic (exact) mass is 242 g/mol. The molecule has 2 rings (SSSR count). The van der Waals surface area contributed by atoms with E-state index in [-0.39, 0.29) is 17.5 Å². The lowest BCUT2D eigenvalue weighted by Crippen LogP contribution is -2.35. The summed E-state index contributed by atoms with van der Waals surface area (Å²) in [5.41, 5.74) is 6.10. The molecule has 1 aliphatic rings. The summed E-state index contributed by atoms with van der Waals surface area (Å²) in [4.78, 5) is 7.75. The van der Waals surface area contributed by atoms with E-state index in [1.807, 2.05) is 0 Å². The summed E-state index contributed by atoms with van der Waals surface area (Å²) < 4.78 is 22.9. The fraction of sp³-hybridized carbons (Fsp3) is 0.556. The van der Waals surface area contributed by atoms with Crippen LogP contribution in [0, 0.1) is 0 Å². The highest BCUT2D eigenvalue weighted by Crippen LogP contribution is 2.19. The Morgan fingerprint density at radius 1 is 1.50 bits per heavy atom. The number of hydrogen-bond donors (Lipinski definition) is 2. The van der Waals surface area contributed by atoms with Crippen LogP contribution in [0.5, 0.6) is 0 Å². The molecular formula is C9H14N4O2S. The molecule has 7 heteroatoms. The van der Waals surface area contributed by atoms with Crippen molar-refractivity contribution in [3.05, 3.63) is 12.5 Å². The molecule has 3 N–H and O–H groups in total. The molecule has 0 bridgehead atoms. The quantitative estimate of drug-likeness (QED) is 0.760. The number of sulfone groups is 1. The first kappa shape index (κ1) is 11.1. The largest absolute Gasteiger partial charge is 0.394 e. The number of nitrogens with zero attached hydrogens (tertiary/aromatic N) is 2. The van der Waals surface area contributed by atoms with Crippen molar-refractivity contribution in [3.63, 3.8) is 0 Å². The highest BCUT2D eigenvalue weighted by molar-refractivity contribution is 7.91. The van der Waals surface area contributed by atoms with Gasteiger partial charge in [-0.2, -0.15) is 0 Å². The lowest BCUT2D eigenvalue weighted by atomic mass is 10.2. The van der Waals surface area contributed by atoms with Gasteiger partial charge in [-0.05, 0) is 12.8 Å².